The summed E-state index contributed by atoms with van der Waals surface area (Å²) in [5, 5.41) is 0. The molecular formula is C10H14. The van der Waals surface area contributed by atoms with Gasteiger partial charge in [-0.3, -0.25) is 0 Å². The van der Waals surface area contributed by atoms with E-state index in [2.05, 4.69) is 32.6 Å². The van der Waals surface area contributed by atoms with Crippen LogP contribution in [0, 0.1) is 35.0 Å². The molecular weight excluding hydrogens is 120 g/mol. The number of rotatable bonds is 0. The molecule has 3 atom stereocenters. The maximum absolute atomic E-state index is 3.34. The van der Waals surface area contributed by atoms with E-state index in [4.69, 9.17) is 0 Å². The van der Waals surface area contributed by atoms with Crippen LogP contribution in [0.25, 0.3) is 0 Å². The normalized spacial score (nSPS) is 46.9. The first-order chi connectivity index (χ1) is 4.62. The van der Waals surface area contributed by atoms with Crippen molar-refractivity contribution < 1.29 is 0 Å². The van der Waals surface area contributed by atoms with Crippen LogP contribution in [0.4, 0.5) is 0 Å². The minimum Gasteiger partial charge on any atom is -0.0996 e. The van der Waals surface area contributed by atoms with E-state index in [0.717, 1.165) is 5.92 Å². The second kappa shape index (κ2) is 1.59. The molecule has 1 fully saturated rings. The van der Waals surface area contributed by atoms with Crippen molar-refractivity contribution in [2.24, 2.45) is 23.2 Å². The lowest BCUT2D eigenvalue weighted by Gasteiger charge is -2.54. The Morgan fingerprint density at radius 1 is 1.30 bits per heavy atom. The van der Waals surface area contributed by atoms with Gasteiger partial charge in [0, 0.05) is 11.8 Å². The van der Waals surface area contributed by atoms with Crippen LogP contribution >= 0.6 is 0 Å². The zero-order valence-corrected chi connectivity index (χ0v) is 6.94. The lowest BCUT2D eigenvalue weighted by molar-refractivity contribution is -0.0130. The van der Waals surface area contributed by atoms with Crippen LogP contribution in [-0.4, -0.2) is 0 Å². The molecule has 0 aromatic heterocycles. The number of fused-ring (bicyclic) bond motifs is 1. The van der Waals surface area contributed by atoms with Crippen LogP contribution in [0.5, 0.6) is 0 Å². The van der Waals surface area contributed by atoms with Crippen LogP contribution in [0.1, 0.15) is 27.2 Å². The number of hydrogen-bond acceptors (Lipinski definition) is 0. The summed E-state index contributed by atoms with van der Waals surface area (Å²) in [7, 11) is 0. The van der Waals surface area contributed by atoms with E-state index < -0.39 is 0 Å². The Kier molecular flexibility index (Phi) is 0.997. The van der Waals surface area contributed by atoms with E-state index in [9.17, 15) is 0 Å². The third-order valence-corrected chi connectivity index (χ3v) is 3.43. The maximum atomic E-state index is 3.34. The predicted octanol–water partition coefficient (Wildman–Crippen LogP) is 2.30. The summed E-state index contributed by atoms with van der Waals surface area (Å²) in [6.45, 7) is 6.97. The van der Waals surface area contributed by atoms with E-state index in [1.54, 1.807) is 0 Å². The Balaban J connectivity index is 2.33. The molecule has 0 nitrogen and oxygen atoms in total. The summed E-state index contributed by atoms with van der Waals surface area (Å²) < 4.78 is 0. The molecule has 3 rings (SSSR count). The molecule has 0 aromatic carbocycles. The Labute approximate surface area is 63.0 Å². The average molecular weight is 134 g/mol. The van der Waals surface area contributed by atoms with Gasteiger partial charge in [0.1, 0.15) is 0 Å². The summed E-state index contributed by atoms with van der Waals surface area (Å²) in [4.78, 5) is 0. The quantitative estimate of drug-likeness (QED) is 0.446. The van der Waals surface area contributed by atoms with Crippen molar-refractivity contribution in [2.45, 2.75) is 27.2 Å². The summed E-state index contributed by atoms with van der Waals surface area (Å²) in [5.41, 5.74) is 0.532. The van der Waals surface area contributed by atoms with Gasteiger partial charge in [-0.25, -0.2) is 0 Å². The molecule has 0 heterocycles. The molecule has 0 amide bonds. The Morgan fingerprint density at radius 3 is 2.30 bits per heavy atom. The van der Waals surface area contributed by atoms with Crippen molar-refractivity contribution in [3.63, 3.8) is 0 Å². The molecule has 0 heteroatoms. The van der Waals surface area contributed by atoms with Crippen molar-refractivity contribution in [2.75, 3.05) is 0 Å². The minimum atomic E-state index is 0.532. The zero-order valence-electron chi connectivity index (χ0n) is 6.94. The minimum absolute atomic E-state index is 0.532. The van der Waals surface area contributed by atoms with Crippen molar-refractivity contribution in [3.8, 4) is 11.8 Å². The van der Waals surface area contributed by atoms with Crippen molar-refractivity contribution in [1.29, 1.82) is 0 Å². The fraction of sp³-hybridized carbons (Fsp3) is 0.800. The molecule has 0 unspecified atom stereocenters. The molecule has 1 saturated carbocycles. The van der Waals surface area contributed by atoms with Gasteiger partial charge in [0.05, 0.1) is 0 Å². The zero-order chi connectivity index (χ0) is 7.35. The van der Waals surface area contributed by atoms with E-state index in [1.807, 2.05) is 0 Å². The molecule has 2 bridgehead atoms. The third kappa shape index (κ3) is 0.539. The van der Waals surface area contributed by atoms with Gasteiger partial charge in [0.25, 0.3) is 0 Å². The van der Waals surface area contributed by atoms with Gasteiger partial charge in [-0.15, -0.1) is 0 Å². The standard InChI is InChI=1S/C10H14/c1-7-4-5-8-6-9(7)10(8,2)3/h7-9H,6H2,1-3H3/t7-,8-,9+/m1/s1. The summed E-state index contributed by atoms with van der Waals surface area (Å²) >= 11 is 0. The van der Waals surface area contributed by atoms with Crippen LogP contribution in [-0.2, 0) is 0 Å². The average Bonchev–Trinajstić information content (AvgIpc) is 1.87. The molecule has 10 heavy (non-hydrogen) atoms. The molecule has 0 saturated heterocycles. The van der Waals surface area contributed by atoms with E-state index >= 15 is 0 Å². The van der Waals surface area contributed by atoms with Crippen LogP contribution < -0.4 is 0 Å². The fourth-order valence-corrected chi connectivity index (χ4v) is 2.39. The molecule has 3 aliphatic rings. The molecule has 3 aliphatic carbocycles. The van der Waals surface area contributed by atoms with E-state index in [0.29, 0.717) is 17.3 Å². The summed E-state index contributed by atoms with van der Waals surface area (Å²) in [6, 6.07) is 0. The maximum Gasteiger partial charge on any atom is 0.0260 e. The highest BCUT2D eigenvalue weighted by Gasteiger charge is 2.51. The molecule has 54 valence electrons. The van der Waals surface area contributed by atoms with Crippen LogP contribution in [0.3, 0.4) is 0 Å². The first-order valence-corrected chi connectivity index (χ1v) is 4.13. The van der Waals surface area contributed by atoms with Gasteiger partial charge in [-0.2, -0.15) is 0 Å². The highest BCUT2D eigenvalue weighted by atomic mass is 14.5. The molecule has 0 aromatic rings. The topological polar surface area (TPSA) is 0 Å². The Morgan fingerprint density at radius 2 is 2.00 bits per heavy atom. The van der Waals surface area contributed by atoms with Crippen molar-refractivity contribution >= 4 is 0 Å². The monoisotopic (exact) mass is 134 g/mol. The van der Waals surface area contributed by atoms with Gasteiger partial charge in [0.2, 0.25) is 0 Å². The second-order valence-electron chi connectivity index (χ2n) is 4.29. The van der Waals surface area contributed by atoms with Gasteiger partial charge < -0.3 is 0 Å². The largest absolute Gasteiger partial charge is 0.0996 e. The lowest BCUT2D eigenvalue weighted by atomic mass is 9.49. The predicted molar refractivity (Wildman–Crippen MR) is 42.3 cm³/mol. The van der Waals surface area contributed by atoms with Gasteiger partial charge in [-0.05, 0) is 17.8 Å². The van der Waals surface area contributed by atoms with E-state index in [1.165, 1.54) is 6.42 Å². The van der Waals surface area contributed by atoms with Crippen LogP contribution in [0.2, 0.25) is 0 Å². The first-order valence-electron chi connectivity index (χ1n) is 4.13. The highest BCUT2D eigenvalue weighted by molar-refractivity contribution is 5.24. The van der Waals surface area contributed by atoms with Gasteiger partial charge >= 0.3 is 0 Å². The van der Waals surface area contributed by atoms with E-state index in [-0.39, 0.29) is 0 Å². The fourth-order valence-electron chi connectivity index (χ4n) is 2.39. The molecule has 0 aliphatic heterocycles. The number of hydrogen-bond donors (Lipinski definition) is 0. The Hall–Kier alpha value is -0.440. The molecule has 0 radical (unpaired) electrons. The SMILES string of the molecule is C[C@@H]1C#C[C@@H]2C[C@@H]1C2(C)C. The Bertz CT molecular complexity index is 214. The third-order valence-electron chi connectivity index (χ3n) is 3.43. The van der Waals surface area contributed by atoms with Gasteiger partial charge in [-0.1, -0.05) is 32.6 Å². The smallest absolute Gasteiger partial charge is 0.0260 e. The molecule has 0 spiro atoms. The lowest BCUT2D eigenvalue weighted by Crippen LogP contribution is -2.49. The molecule has 0 N–H and O–H groups in total. The summed E-state index contributed by atoms with van der Waals surface area (Å²) in [6.07, 6.45) is 1.36. The van der Waals surface area contributed by atoms with Crippen LogP contribution in [0.15, 0.2) is 0 Å². The van der Waals surface area contributed by atoms with Crippen molar-refractivity contribution in [3.05, 3.63) is 0 Å². The summed E-state index contributed by atoms with van der Waals surface area (Å²) in [5.74, 6) is 8.88. The van der Waals surface area contributed by atoms with Crippen molar-refractivity contribution in [1.82, 2.24) is 0 Å². The highest BCUT2D eigenvalue weighted by Crippen LogP contribution is 2.56. The second-order valence-corrected chi connectivity index (χ2v) is 4.29. The first kappa shape index (κ1) is 6.28. The van der Waals surface area contributed by atoms with Gasteiger partial charge in [0.15, 0.2) is 0 Å².